The maximum absolute atomic E-state index is 13.0. The first-order valence-corrected chi connectivity index (χ1v) is 12.6. The molecule has 1 amide bonds. The van der Waals surface area contributed by atoms with Crippen LogP contribution in [0.4, 0.5) is 0 Å². The minimum absolute atomic E-state index is 0.0420. The summed E-state index contributed by atoms with van der Waals surface area (Å²) < 4.78 is 9.68. The fraction of sp³-hybridized carbons (Fsp3) is 0.310. The number of pyridine rings is 1. The fourth-order valence-electron chi connectivity index (χ4n) is 5.52. The Hall–Kier alpha value is -3.84. The number of hydrogen-bond donors (Lipinski definition) is 1. The van der Waals surface area contributed by atoms with Crippen molar-refractivity contribution in [1.29, 1.82) is 0 Å². The summed E-state index contributed by atoms with van der Waals surface area (Å²) in [6, 6.07) is 19.3. The van der Waals surface area contributed by atoms with Crippen molar-refractivity contribution in [2.75, 3.05) is 13.1 Å². The number of carbonyl (C=O) groups excluding carboxylic acids is 1. The molecule has 7 heteroatoms. The van der Waals surface area contributed by atoms with E-state index in [2.05, 4.69) is 29.1 Å². The molecule has 7 nitrogen and oxygen atoms in total. The number of aryl methyl sites for hydroxylation is 1. The Morgan fingerprint density at radius 1 is 1.11 bits per heavy atom. The van der Waals surface area contributed by atoms with E-state index in [1.165, 1.54) is 17.3 Å². The first-order chi connectivity index (χ1) is 17.6. The summed E-state index contributed by atoms with van der Waals surface area (Å²) >= 11 is 0. The van der Waals surface area contributed by atoms with Crippen molar-refractivity contribution in [2.45, 2.75) is 38.5 Å². The van der Waals surface area contributed by atoms with Gasteiger partial charge in [0.25, 0.3) is 5.56 Å². The van der Waals surface area contributed by atoms with Gasteiger partial charge in [-0.05, 0) is 43.1 Å². The Labute approximate surface area is 209 Å². The zero-order valence-electron chi connectivity index (χ0n) is 20.4. The molecule has 0 aliphatic carbocycles. The van der Waals surface area contributed by atoms with Gasteiger partial charge in [0.2, 0.25) is 5.91 Å². The lowest BCUT2D eigenvalue weighted by Crippen LogP contribution is -2.45. The number of nitrogens with zero attached hydrogens (tertiary/aromatic N) is 3. The van der Waals surface area contributed by atoms with Crippen molar-refractivity contribution >= 4 is 16.8 Å². The third-order valence-electron chi connectivity index (χ3n) is 7.48. The van der Waals surface area contributed by atoms with Gasteiger partial charge in [-0.15, -0.1) is 0 Å². The molecule has 2 aromatic heterocycles. The van der Waals surface area contributed by atoms with Crippen LogP contribution in [-0.2, 0) is 31.4 Å². The summed E-state index contributed by atoms with van der Waals surface area (Å²) in [7, 11) is 2.07. The number of fused-ring (bicyclic) bond motifs is 3. The van der Waals surface area contributed by atoms with E-state index in [4.69, 9.17) is 4.74 Å². The molecule has 0 saturated carbocycles. The first kappa shape index (κ1) is 22.6. The minimum atomic E-state index is -0.139. The molecule has 0 bridgehead atoms. The normalized spacial score (nSPS) is 17.4. The van der Waals surface area contributed by atoms with Gasteiger partial charge < -0.3 is 19.5 Å². The highest BCUT2D eigenvalue weighted by molar-refractivity contribution is 5.89. The van der Waals surface area contributed by atoms with Gasteiger partial charge in [0.05, 0.1) is 17.2 Å². The van der Waals surface area contributed by atoms with Crippen LogP contribution in [0, 0.1) is 0 Å². The number of amides is 1. The van der Waals surface area contributed by atoms with Gasteiger partial charge in [0, 0.05) is 55.5 Å². The number of benzene rings is 2. The van der Waals surface area contributed by atoms with Crippen LogP contribution in [-0.4, -0.2) is 39.1 Å². The van der Waals surface area contributed by atoms with E-state index >= 15 is 0 Å². The first-order valence-electron chi connectivity index (χ1n) is 12.6. The van der Waals surface area contributed by atoms with Crippen LogP contribution in [0.2, 0.25) is 0 Å². The van der Waals surface area contributed by atoms with Crippen LogP contribution in [0.15, 0.2) is 71.7 Å². The quantitative estimate of drug-likeness (QED) is 0.473. The van der Waals surface area contributed by atoms with E-state index in [0.717, 1.165) is 54.5 Å². The SMILES string of the molecule is Cn1c2c(c3ccc(-n4ccc(OCc5ccccc5)cc4=O)cc31)CN(C(=O)[C@@H]1CCCN1)CC2. The zero-order chi connectivity index (χ0) is 24.6. The molecular formula is C29H30N4O3. The lowest BCUT2D eigenvalue weighted by Gasteiger charge is -2.30. The van der Waals surface area contributed by atoms with Crippen LogP contribution in [0.3, 0.4) is 0 Å². The summed E-state index contributed by atoms with van der Waals surface area (Å²) in [4.78, 5) is 27.9. The number of aromatic nitrogens is 2. The second-order valence-electron chi connectivity index (χ2n) is 9.69. The van der Waals surface area contributed by atoms with Crippen LogP contribution in [0.5, 0.6) is 5.75 Å². The third-order valence-corrected chi connectivity index (χ3v) is 7.48. The summed E-state index contributed by atoms with van der Waals surface area (Å²) in [6.45, 7) is 2.72. The number of rotatable bonds is 5. The molecule has 6 rings (SSSR count). The fourth-order valence-corrected chi connectivity index (χ4v) is 5.52. The van der Waals surface area contributed by atoms with E-state index in [1.807, 2.05) is 47.4 Å². The number of hydrogen-bond acceptors (Lipinski definition) is 4. The van der Waals surface area contributed by atoms with Gasteiger partial charge in [0.1, 0.15) is 12.4 Å². The molecule has 2 aromatic carbocycles. The molecule has 0 unspecified atom stereocenters. The van der Waals surface area contributed by atoms with Crippen LogP contribution >= 0.6 is 0 Å². The van der Waals surface area contributed by atoms with E-state index in [9.17, 15) is 9.59 Å². The Morgan fingerprint density at radius 2 is 1.97 bits per heavy atom. The average Bonchev–Trinajstić information content (AvgIpc) is 3.55. The van der Waals surface area contributed by atoms with Gasteiger partial charge in [-0.2, -0.15) is 0 Å². The summed E-state index contributed by atoms with van der Waals surface area (Å²) in [6.07, 6.45) is 4.58. The molecule has 0 spiro atoms. The van der Waals surface area contributed by atoms with E-state index in [1.54, 1.807) is 10.8 Å². The van der Waals surface area contributed by atoms with Crippen LogP contribution in [0.1, 0.15) is 29.7 Å². The van der Waals surface area contributed by atoms with Crippen molar-refractivity contribution in [3.05, 3.63) is 94.0 Å². The Bertz CT molecular complexity index is 1480. The van der Waals surface area contributed by atoms with Crippen molar-refractivity contribution in [3.8, 4) is 11.4 Å². The van der Waals surface area contributed by atoms with Crippen LogP contribution < -0.4 is 15.6 Å². The largest absolute Gasteiger partial charge is 0.489 e. The molecule has 1 saturated heterocycles. The van der Waals surface area contributed by atoms with E-state index in [-0.39, 0.29) is 17.5 Å². The highest BCUT2D eigenvalue weighted by Gasteiger charge is 2.31. The van der Waals surface area contributed by atoms with Crippen molar-refractivity contribution in [1.82, 2.24) is 19.4 Å². The van der Waals surface area contributed by atoms with Gasteiger partial charge in [0.15, 0.2) is 0 Å². The predicted molar refractivity (Wildman–Crippen MR) is 139 cm³/mol. The van der Waals surface area contributed by atoms with E-state index in [0.29, 0.717) is 18.9 Å². The molecule has 4 heterocycles. The molecule has 2 aliphatic rings. The molecule has 1 fully saturated rings. The maximum atomic E-state index is 13.0. The van der Waals surface area contributed by atoms with Crippen molar-refractivity contribution in [3.63, 3.8) is 0 Å². The summed E-state index contributed by atoms with van der Waals surface area (Å²) in [5.41, 5.74) is 5.28. The maximum Gasteiger partial charge on any atom is 0.258 e. The molecule has 0 radical (unpaired) electrons. The molecule has 4 aromatic rings. The Morgan fingerprint density at radius 3 is 2.75 bits per heavy atom. The smallest absolute Gasteiger partial charge is 0.258 e. The zero-order valence-corrected chi connectivity index (χ0v) is 20.4. The standard InChI is InChI=1S/C29H30N4O3/c1-31-26-12-14-32(29(35)25-8-5-13-30-25)18-24(26)23-10-9-21(16-27(23)31)33-15-11-22(17-28(33)34)36-19-20-6-3-2-4-7-20/h2-4,6-7,9-11,15-17,25,30H,5,8,12-14,18-19H2,1H3/t25-/m0/s1. The lowest BCUT2D eigenvalue weighted by molar-refractivity contribution is -0.134. The predicted octanol–water partition coefficient (Wildman–Crippen LogP) is 3.54. The van der Waals surface area contributed by atoms with Crippen molar-refractivity contribution < 1.29 is 9.53 Å². The number of ether oxygens (including phenoxy) is 1. The lowest BCUT2D eigenvalue weighted by atomic mass is 10.0. The second kappa shape index (κ2) is 9.32. The van der Waals surface area contributed by atoms with Gasteiger partial charge in [-0.3, -0.25) is 14.2 Å². The minimum Gasteiger partial charge on any atom is -0.489 e. The highest BCUT2D eigenvalue weighted by atomic mass is 16.5. The highest BCUT2D eigenvalue weighted by Crippen LogP contribution is 2.32. The molecule has 36 heavy (non-hydrogen) atoms. The molecule has 1 N–H and O–H groups in total. The van der Waals surface area contributed by atoms with E-state index < -0.39 is 0 Å². The number of nitrogens with one attached hydrogen (secondary N) is 1. The summed E-state index contributed by atoms with van der Waals surface area (Å²) in [5.74, 6) is 0.768. The molecule has 184 valence electrons. The van der Waals surface area contributed by atoms with Crippen molar-refractivity contribution in [2.24, 2.45) is 7.05 Å². The monoisotopic (exact) mass is 482 g/mol. The van der Waals surface area contributed by atoms with Gasteiger partial charge >= 0.3 is 0 Å². The Kier molecular flexibility index (Phi) is 5.85. The molecular weight excluding hydrogens is 452 g/mol. The van der Waals surface area contributed by atoms with Gasteiger partial charge in [-0.1, -0.05) is 36.4 Å². The topological polar surface area (TPSA) is 68.5 Å². The number of carbonyl (C=O) groups is 1. The Balaban J connectivity index is 1.25. The van der Waals surface area contributed by atoms with Gasteiger partial charge in [-0.25, -0.2) is 0 Å². The molecule has 2 aliphatic heterocycles. The average molecular weight is 483 g/mol. The third kappa shape index (κ3) is 4.09. The summed E-state index contributed by atoms with van der Waals surface area (Å²) in [5, 5.41) is 4.48. The molecule has 1 atom stereocenters. The second-order valence-corrected chi connectivity index (χ2v) is 9.69. The van der Waals surface area contributed by atoms with Crippen LogP contribution in [0.25, 0.3) is 16.6 Å².